The van der Waals surface area contributed by atoms with Crippen molar-refractivity contribution in [2.45, 2.75) is 25.7 Å². The van der Waals surface area contributed by atoms with Crippen molar-refractivity contribution >= 4 is 23.2 Å². The van der Waals surface area contributed by atoms with Crippen LogP contribution in [-0.4, -0.2) is 47.7 Å². The van der Waals surface area contributed by atoms with Gasteiger partial charge in [-0.15, -0.1) is 23.2 Å². The monoisotopic (exact) mass is 314 g/mol. The van der Waals surface area contributed by atoms with E-state index in [1.165, 1.54) is 0 Å². The van der Waals surface area contributed by atoms with Crippen LogP contribution in [0.4, 0.5) is 0 Å². The molecule has 0 radical (unpaired) electrons. The third-order valence-electron chi connectivity index (χ3n) is 3.31. The first-order valence-electron chi connectivity index (χ1n) is 6.94. The number of nitrogens with zero attached hydrogens (tertiary/aromatic N) is 4. The maximum Gasteiger partial charge on any atom is 0.169 e. The van der Waals surface area contributed by atoms with Gasteiger partial charge in [-0.3, -0.25) is 0 Å². The van der Waals surface area contributed by atoms with Crippen LogP contribution in [-0.2, 0) is 0 Å². The number of rotatable bonds is 8. The largest absolute Gasteiger partial charge is 0.355 e. The molecular weight excluding hydrogens is 295 g/mol. The Morgan fingerprint density at radius 2 is 1.35 bits per heavy atom. The summed E-state index contributed by atoms with van der Waals surface area (Å²) in [7, 11) is 0. The molecular formula is C14H20Cl2N4. The van der Waals surface area contributed by atoms with Gasteiger partial charge in [-0.05, 0) is 25.7 Å². The molecule has 0 saturated carbocycles. The summed E-state index contributed by atoms with van der Waals surface area (Å²) in [6.45, 7) is 3.43. The number of hydrogen-bond acceptors (Lipinski definition) is 4. The summed E-state index contributed by atoms with van der Waals surface area (Å²) in [6, 6.07) is 4.04. The van der Waals surface area contributed by atoms with Gasteiger partial charge in [0.2, 0.25) is 0 Å². The zero-order valence-electron chi connectivity index (χ0n) is 11.6. The Balaban J connectivity index is 2.75. The summed E-state index contributed by atoms with van der Waals surface area (Å²) in [5.74, 6) is 2.09. The summed E-state index contributed by atoms with van der Waals surface area (Å²) in [6.07, 6.45) is 3.86. The lowest BCUT2D eigenvalue weighted by molar-refractivity contribution is 0.326. The predicted octanol–water partition coefficient (Wildman–Crippen LogP) is 2.90. The van der Waals surface area contributed by atoms with Gasteiger partial charge in [-0.25, -0.2) is 0 Å². The van der Waals surface area contributed by atoms with Crippen molar-refractivity contribution in [3.63, 3.8) is 0 Å². The summed E-state index contributed by atoms with van der Waals surface area (Å²) in [5, 5.41) is 18.3. The topological polar surface area (TPSA) is 54.1 Å². The zero-order valence-corrected chi connectivity index (χ0v) is 13.1. The molecule has 0 aromatic heterocycles. The average molecular weight is 315 g/mol. The molecule has 4 nitrogen and oxygen atoms in total. The van der Waals surface area contributed by atoms with Gasteiger partial charge in [0.1, 0.15) is 18.0 Å². The first kappa shape index (κ1) is 17.0. The second kappa shape index (κ2) is 9.75. The van der Waals surface area contributed by atoms with E-state index in [1.54, 1.807) is 0 Å². The van der Waals surface area contributed by atoms with Gasteiger partial charge in [-0.2, -0.15) is 10.5 Å². The van der Waals surface area contributed by atoms with Crippen LogP contribution >= 0.6 is 23.2 Å². The van der Waals surface area contributed by atoms with Crippen LogP contribution in [0.3, 0.4) is 0 Å². The molecule has 1 saturated heterocycles. The zero-order chi connectivity index (χ0) is 14.8. The van der Waals surface area contributed by atoms with Crippen LogP contribution in [0.2, 0.25) is 0 Å². The van der Waals surface area contributed by atoms with Gasteiger partial charge < -0.3 is 9.80 Å². The van der Waals surface area contributed by atoms with Crippen LogP contribution in [0, 0.1) is 22.7 Å². The molecule has 0 aromatic rings. The van der Waals surface area contributed by atoms with Crippen LogP contribution in [0.5, 0.6) is 0 Å². The molecule has 0 atom stereocenters. The number of unbranched alkanes of at least 4 members (excludes halogenated alkanes) is 2. The lowest BCUT2D eigenvalue weighted by Crippen LogP contribution is -2.26. The molecule has 20 heavy (non-hydrogen) atoms. The van der Waals surface area contributed by atoms with E-state index in [1.807, 2.05) is 12.1 Å². The highest BCUT2D eigenvalue weighted by atomic mass is 35.5. The van der Waals surface area contributed by atoms with Gasteiger partial charge in [0.25, 0.3) is 0 Å². The first-order valence-corrected chi connectivity index (χ1v) is 8.01. The quantitative estimate of drug-likeness (QED) is 0.393. The molecule has 110 valence electrons. The highest BCUT2D eigenvalue weighted by Crippen LogP contribution is 2.23. The van der Waals surface area contributed by atoms with Crippen LogP contribution in [0.1, 0.15) is 25.7 Å². The Kier molecular flexibility index (Phi) is 8.26. The maximum atomic E-state index is 9.14. The normalized spacial score (nSPS) is 14.3. The molecule has 1 aliphatic heterocycles. The number of hydrogen-bond donors (Lipinski definition) is 0. The Bertz CT molecular complexity index is 372. The van der Waals surface area contributed by atoms with Crippen molar-refractivity contribution in [2.75, 3.05) is 37.9 Å². The number of nitriles is 2. The second-order valence-corrected chi connectivity index (χ2v) is 5.44. The van der Waals surface area contributed by atoms with Gasteiger partial charge in [0.15, 0.2) is 5.57 Å². The summed E-state index contributed by atoms with van der Waals surface area (Å²) in [5.41, 5.74) is 0.208. The SMILES string of the molecule is N#CC(C#N)=C1N(CCCCCl)CCN1CCCCCl. The summed E-state index contributed by atoms with van der Waals surface area (Å²) >= 11 is 11.4. The van der Waals surface area contributed by atoms with Crippen molar-refractivity contribution in [3.05, 3.63) is 11.4 Å². The average Bonchev–Trinajstić information content (AvgIpc) is 2.85. The summed E-state index contributed by atoms with van der Waals surface area (Å²) < 4.78 is 0. The standard InChI is InChI=1S/C14H20Cl2N4/c15-5-1-3-7-19-9-10-20(8-4-2-6-16)14(19)13(11-17)12-18/h1-10H2. The highest BCUT2D eigenvalue weighted by Gasteiger charge is 2.27. The lowest BCUT2D eigenvalue weighted by Gasteiger charge is -2.24. The Morgan fingerprint density at radius 3 is 1.70 bits per heavy atom. The van der Waals surface area contributed by atoms with E-state index in [9.17, 15) is 0 Å². The Hall–Kier alpha value is -1.10. The fourth-order valence-corrected chi connectivity index (χ4v) is 2.70. The number of halogens is 2. The molecule has 0 unspecified atom stereocenters. The van der Waals surface area contributed by atoms with E-state index in [4.69, 9.17) is 33.7 Å². The molecule has 0 aliphatic carbocycles. The lowest BCUT2D eigenvalue weighted by atomic mass is 10.2. The fraction of sp³-hybridized carbons (Fsp3) is 0.714. The minimum absolute atomic E-state index is 0.208. The van der Waals surface area contributed by atoms with E-state index in [2.05, 4.69) is 9.80 Å². The Morgan fingerprint density at radius 1 is 0.900 bits per heavy atom. The maximum absolute atomic E-state index is 9.14. The third kappa shape index (κ3) is 4.78. The van der Waals surface area contributed by atoms with Gasteiger partial charge in [-0.1, -0.05) is 0 Å². The first-order chi connectivity index (χ1) is 9.78. The molecule has 0 amide bonds. The predicted molar refractivity (Wildman–Crippen MR) is 81.3 cm³/mol. The van der Waals surface area contributed by atoms with Gasteiger partial charge >= 0.3 is 0 Å². The van der Waals surface area contributed by atoms with E-state index in [0.717, 1.165) is 57.7 Å². The van der Waals surface area contributed by atoms with Crippen LogP contribution < -0.4 is 0 Å². The van der Waals surface area contributed by atoms with Crippen molar-refractivity contribution in [2.24, 2.45) is 0 Å². The molecule has 0 bridgehead atoms. The number of allylic oxidation sites excluding steroid dienone is 1. The smallest absolute Gasteiger partial charge is 0.169 e. The van der Waals surface area contributed by atoms with E-state index < -0.39 is 0 Å². The van der Waals surface area contributed by atoms with Crippen molar-refractivity contribution in [1.29, 1.82) is 10.5 Å². The number of alkyl halides is 2. The molecule has 1 heterocycles. The van der Waals surface area contributed by atoms with E-state index >= 15 is 0 Å². The van der Waals surface area contributed by atoms with E-state index in [-0.39, 0.29) is 5.57 Å². The molecule has 1 aliphatic rings. The second-order valence-electron chi connectivity index (χ2n) is 4.69. The van der Waals surface area contributed by atoms with Gasteiger partial charge in [0.05, 0.1) is 0 Å². The van der Waals surface area contributed by atoms with Crippen LogP contribution in [0.15, 0.2) is 11.4 Å². The fourth-order valence-electron chi connectivity index (χ4n) is 2.32. The molecule has 0 N–H and O–H groups in total. The minimum atomic E-state index is 0.208. The third-order valence-corrected chi connectivity index (χ3v) is 3.84. The Labute approximate surface area is 131 Å². The minimum Gasteiger partial charge on any atom is -0.355 e. The van der Waals surface area contributed by atoms with Crippen molar-refractivity contribution in [3.8, 4) is 12.1 Å². The molecule has 0 spiro atoms. The van der Waals surface area contributed by atoms with Crippen molar-refractivity contribution < 1.29 is 0 Å². The van der Waals surface area contributed by atoms with Crippen molar-refractivity contribution in [1.82, 2.24) is 9.80 Å². The molecule has 0 aromatic carbocycles. The van der Waals surface area contributed by atoms with Crippen LogP contribution in [0.25, 0.3) is 0 Å². The molecule has 1 rings (SSSR count). The van der Waals surface area contributed by atoms with Gasteiger partial charge in [0, 0.05) is 37.9 Å². The molecule has 6 heteroatoms. The summed E-state index contributed by atoms with van der Waals surface area (Å²) in [4.78, 5) is 4.27. The van der Waals surface area contributed by atoms with E-state index in [0.29, 0.717) is 11.8 Å². The highest BCUT2D eigenvalue weighted by molar-refractivity contribution is 6.18. The molecule has 1 fully saturated rings.